The Kier molecular flexibility index (Phi) is 6.28. The van der Waals surface area contributed by atoms with Crippen LogP contribution in [0.2, 0.25) is 0 Å². The Morgan fingerprint density at radius 1 is 1.23 bits per heavy atom. The average Bonchev–Trinajstić information content (AvgIpc) is 3.27. The topological polar surface area (TPSA) is 108 Å². The van der Waals surface area contributed by atoms with Crippen LogP contribution < -0.4 is 16.0 Å². The Balaban J connectivity index is 1.57. The monoisotopic (exact) mass is 458 g/mol. The molecule has 10 heteroatoms. The van der Waals surface area contributed by atoms with Gasteiger partial charge in [0.15, 0.2) is 5.16 Å². The van der Waals surface area contributed by atoms with Gasteiger partial charge < -0.3 is 15.4 Å². The molecule has 1 fully saturated rings. The number of rotatable bonds is 6. The minimum atomic E-state index is -0.307. The summed E-state index contributed by atoms with van der Waals surface area (Å²) in [7, 11) is 1.58. The van der Waals surface area contributed by atoms with E-state index in [0.717, 1.165) is 0 Å². The van der Waals surface area contributed by atoms with Crippen LogP contribution in [-0.2, 0) is 9.59 Å². The minimum absolute atomic E-state index is 0.0473. The number of benzene rings is 1. The molecule has 8 nitrogen and oxygen atoms in total. The van der Waals surface area contributed by atoms with Gasteiger partial charge in [-0.1, -0.05) is 11.8 Å². The molecule has 1 saturated heterocycles. The molecule has 3 aromatic rings. The Labute approximate surface area is 187 Å². The Morgan fingerprint density at radius 2 is 1.94 bits per heavy atom. The molecule has 0 aliphatic carbocycles. The number of hydrogen-bond acceptors (Lipinski definition) is 7. The number of carbonyl (C=O) groups excluding carboxylic acids is 2. The van der Waals surface area contributed by atoms with Gasteiger partial charge in [-0.3, -0.25) is 19.0 Å². The zero-order chi connectivity index (χ0) is 22.0. The van der Waals surface area contributed by atoms with Gasteiger partial charge in [0.25, 0.3) is 5.56 Å². The number of nitrogens with zero attached hydrogens (tertiary/aromatic N) is 3. The summed E-state index contributed by atoms with van der Waals surface area (Å²) in [6, 6.07) is 8.95. The molecular formula is C21H22N4O4S2. The van der Waals surface area contributed by atoms with E-state index in [0.29, 0.717) is 52.7 Å². The summed E-state index contributed by atoms with van der Waals surface area (Å²) < 4.78 is 7.31. The number of carbonyl (C=O) groups is 2. The van der Waals surface area contributed by atoms with Crippen molar-refractivity contribution in [3.63, 3.8) is 0 Å². The van der Waals surface area contributed by atoms with E-state index in [1.54, 1.807) is 42.3 Å². The van der Waals surface area contributed by atoms with Crippen molar-refractivity contribution in [3.8, 4) is 11.4 Å². The number of aromatic nitrogens is 2. The highest BCUT2D eigenvalue weighted by Crippen LogP contribution is 2.25. The fourth-order valence-electron chi connectivity index (χ4n) is 3.58. The van der Waals surface area contributed by atoms with Gasteiger partial charge in [-0.2, -0.15) is 0 Å². The molecule has 1 aliphatic heterocycles. The van der Waals surface area contributed by atoms with Crippen molar-refractivity contribution in [3.05, 3.63) is 46.1 Å². The molecule has 0 unspecified atom stereocenters. The van der Waals surface area contributed by atoms with Gasteiger partial charge in [-0.15, -0.1) is 11.3 Å². The number of likely N-dealkylation sites (tertiary alicyclic amines) is 1. The van der Waals surface area contributed by atoms with Crippen LogP contribution in [0.1, 0.15) is 12.8 Å². The van der Waals surface area contributed by atoms with Crippen LogP contribution in [0.15, 0.2) is 45.7 Å². The summed E-state index contributed by atoms with van der Waals surface area (Å²) in [6.45, 7) is 1.02. The van der Waals surface area contributed by atoms with Crippen LogP contribution in [0.4, 0.5) is 0 Å². The number of hydrogen-bond donors (Lipinski definition) is 1. The molecule has 162 valence electrons. The summed E-state index contributed by atoms with van der Waals surface area (Å²) in [4.78, 5) is 43.6. The predicted molar refractivity (Wildman–Crippen MR) is 121 cm³/mol. The maximum atomic E-state index is 13.2. The first-order valence-electron chi connectivity index (χ1n) is 9.82. The maximum Gasteiger partial charge on any atom is 0.276 e. The van der Waals surface area contributed by atoms with Crippen LogP contribution in [-0.4, -0.2) is 52.2 Å². The highest BCUT2D eigenvalue weighted by Gasteiger charge is 2.26. The van der Waals surface area contributed by atoms with Crippen LogP contribution >= 0.6 is 23.1 Å². The molecule has 0 spiro atoms. The third-order valence-electron chi connectivity index (χ3n) is 5.35. The molecular weight excluding hydrogens is 436 g/mol. The number of ether oxygens (including phenoxy) is 1. The third-order valence-corrected chi connectivity index (χ3v) is 7.17. The molecule has 0 saturated carbocycles. The fraction of sp³-hybridized carbons (Fsp3) is 0.333. The summed E-state index contributed by atoms with van der Waals surface area (Å²) in [6.07, 6.45) is 1.17. The highest BCUT2D eigenvalue weighted by molar-refractivity contribution is 7.99. The number of thioether (sulfide) groups is 1. The minimum Gasteiger partial charge on any atom is -0.497 e. The van der Waals surface area contributed by atoms with Crippen LogP contribution in [0.3, 0.4) is 0 Å². The third kappa shape index (κ3) is 4.45. The molecule has 1 aliphatic rings. The van der Waals surface area contributed by atoms with Crippen molar-refractivity contribution in [2.24, 2.45) is 11.7 Å². The number of methoxy groups -OCH3 is 1. The van der Waals surface area contributed by atoms with Crippen LogP contribution in [0, 0.1) is 5.92 Å². The first-order chi connectivity index (χ1) is 15.0. The van der Waals surface area contributed by atoms with E-state index in [-0.39, 0.29) is 29.0 Å². The zero-order valence-corrected chi connectivity index (χ0v) is 18.6. The van der Waals surface area contributed by atoms with Gasteiger partial charge in [-0.05, 0) is 48.6 Å². The molecule has 2 amide bonds. The fourth-order valence-corrected chi connectivity index (χ4v) is 5.25. The summed E-state index contributed by atoms with van der Waals surface area (Å²) in [5.41, 5.74) is 6.49. The smallest absolute Gasteiger partial charge is 0.276 e. The van der Waals surface area contributed by atoms with E-state index >= 15 is 0 Å². The quantitative estimate of drug-likeness (QED) is 0.449. The molecule has 0 atom stereocenters. The summed E-state index contributed by atoms with van der Waals surface area (Å²) in [5.74, 6) is 0.317. The maximum absolute atomic E-state index is 13.2. The first-order valence-corrected chi connectivity index (χ1v) is 11.7. The lowest BCUT2D eigenvalue weighted by atomic mass is 9.96. The van der Waals surface area contributed by atoms with Crippen molar-refractivity contribution in [2.75, 3.05) is 26.0 Å². The largest absolute Gasteiger partial charge is 0.497 e. The molecule has 1 aromatic carbocycles. The van der Waals surface area contributed by atoms with Gasteiger partial charge >= 0.3 is 0 Å². The number of nitrogens with two attached hydrogens (primary N) is 1. The molecule has 4 rings (SSSR count). The van der Waals surface area contributed by atoms with E-state index < -0.39 is 0 Å². The lowest BCUT2D eigenvalue weighted by molar-refractivity contribution is -0.132. The Morgan fingerprint density at radius 3 is 2.58 bits per heavy atom. The second kappa shape index (κ2) is 9.11. The second-order valence-electron chi connectivity index (χ2n) is 7.21. The molecule has 31 heavy (non-hydrogen) atoms. The highest BCUT2D eigenvalue weighted by atomic mass is 32.2. The number of primary amides is 1. The van der Waals surface area contributed by atoms with Crippen molar-refractivity contribution in [2.45, 2.75) is 18.0 Å². The van der Waals surface area contributed by atoms with Crippen molar-refractivity contribution in [1.29, 1.82) is 0 Å². The summed E-state index contributed by atoms with van der Waals surface area (Å²) >= 11 is 2.58. The number of fused-ring (bicyclic) bond motifs is 1. The van der Waals surface area contributed by atoms with E-state index in [1.807, 2.05) is 5.38 Å². The number of piperidine rings is 1. The van der Waals surface area contributed by atoms with E-state index in [2.05, 4.69) is 4.98 Å². The summed E-state index contributed by atoms with van der Waals surface area (Å²) in [5, 5.41) is 2.29. The lowest BCUT2D eigenvalue weighted by Crippen LogP contribution is -2.42. The molecule has 2 N–H and O–H groups in total. The lowest BCUT2D eigenvalue weighted by Gasteiger charge is -2.30. The van der Waals surface area contributed by atoms with E-state index in [9.17, 15) is 14.4 Å². The van der Waals surface area contributed by atoms with Crippen molar-refractivity contribution < 1.29 is 14.3 Å². The Hall–Kier alpha value is -2.85. The zero-order valence-electron chi connectivity index (χ0n) is 16.9. The van der Waals surface area contributed by atoms with Crippen LogP contribution in [0.25, 0.3) is 15.9 Å². The van der Waals surface area contributed by atoms with Crippen molar-refractivity contribution >= 4 is 45.1 Å². The normalized spacial score (nSPS) is 14.7. The standard InChI is InChI=1S/C21H22N4O4S2/c1-29-15-4-2-14(3-5-15)25-20(28)18-16(8-11-30-18)23-21(25)31-12-17(26)24-9-6-13(7-10-24)19(22)27/h2-5,8,11,13H,6-7,9-10,12H2,1H3,(H2,22,27). The number of thiophene rings is 1. The van der Waals surface area contributed by atoms with Crippen LogP contribution in [0.5, 0.6) is 5.75 Å². The SMILES string of the molecule is COc1ccc(-n2c(SCC(=O)N3CCC(C(N)=O)CC3)nc3ccsc3c2=O)cc1. The first kappa shape index (κ1) is 21.4. The van der Waals surface area contributed by atoms with Gasteiger partial charge in [0.2, 0.25) is 11.8 Å². The molecule has 0 radical (unpaired) electrons. The predicted octanol–water partition coefficient (Wildman–Crippen LogP) is 2.27. The van der Waals surface area contributed by atoms with Crippen molar-refractivity contribution in [1.82, 2.24) is 14.5 Å². The molecule has 0 bridgehead atoms. The van der Waals surface area contributed by atoms with Gasteiger partial charge in [0.05, 0.1) is 24.1 Å². The van der Waals surface area contributed by atoms with E-state index in [1.165, 1.54) is 27.7 Å². The average molecular weight is 459 g/mol. The Bertz CT molecular complexity index is 1160. The van der Waals surface area contributed by atoms with Gasteiger partial charge in [-0.25, -0.2) is 4.98 Å². The number of amides is 2. The second-order valence-corrected chi connectivity index (χ2v) is 9.07. The van der Waals surface area contributed by atoms with Gasteiger partial charge in [0.1, 0.15) is 10.4 Å². The molecule has 3 heterocycles. The van der Waals surface area contributed by atoms with Gasteiger partial charge in [0, 0.05) is 19.0 Å². The molecule has 2 aromatic heterocycles. The van der Waals surface area contributed by atoms with E-state index in [4.69, 9.17) is 10.5 Å².